The van der Waals surface area contributed by atoms with E-state index in [4.69, 9.17) is 21.2 Å². The summed E-state index contributed by atoms with van der Waals surface area (Å²) in [5.74, 6) is 0.0376. The first-order valence-electron chi connectivity index (χ1n) is 6.23. The number of hydrogen-bond acceptors (Lipinski definition) is 5. The number of carbonyl (C=O) groups excluding carboxylic acids is 1. The Morgan fingerprint density at radius 1 is 1.38 bits per heavy atom. The molecule has 1 aromatic heterocycles. The molecule has 6 heteroatoms. The molecule has 0 bridgehead atoms. The van der Waals surface area contributed by atoms with Crippen molar-refractivity contribution in [2.75, 3.05) is 6.61 Å². The number of nitrogens with zero attached hydrogens (tertiary/aromatic N) is 1. The molecule has 0 radical (unpaired) electrons. The zero-order valence-corrected chi connectivity index (χ0v) is 13.2. The summed E-state index contributed by atoms with van der Waals surface area (Å²) in [4.78, 5) is 17.4. The number of thiophene rings is 1. The normalized spacial score (nSPS) is 11.3. The maximum absolute atomic E-state index is 11.6. The van der Waals surface area contributed by atoms with Crippen LogP contribution in [0.4, 0.5) is 0 Å². The van der Waals surface area contributed by atoms with Crippen molar-refractivity contribution in [3.8, 4) is 5.75 Å². The van der Waals surface area contributed by atoms with Crippen molar-refractivity contribution in [3.05, 3.63) is 51.2 Å². The first-order chi connectivity index (χ1) is 10.1. The molecule has 1 heterocycles. The van der Waals surface area contributed by atoms with Crippen LogP contribution in [0.3, 0.4) is 0 Å². The monoisotopic (exact) mass is 323 g/mol. The van der Waals surface area contributed by atoms with Crippen LogP contribution in [0.15, 0.2) is 40.9 Å². The van der Waals surface area contributed by atoms with Crippen molar-refractivity contribution < 1.29 is 14.4 Å². The van der Waals surface area contributed by atoms with Gasteiger partial charge >= 0.3 is 5.97 Å². The van der Waals surface area contributed by atoms with Crippen molar-refractivity contribution >= 4 is 34.6 Å². The van der Waals surface area contributed by atoms with Gasteiger partial charge in [0, 0.05) is 5.02 Å². The minimum Gasteiger partial charge on any atom is -0.482 e. The van der Waals surface area contributed by atoms with Crippen molar-refractivity contribution in [2.24, 2.45) is 5.16 Å². The van der Waals surface area contributed by atoms with E-state index in [1.165, 1.54) is 11.3 Å². The molecule has 0 N–H and O–H groups in total. The molecule has 0 saturated carbocycles. The topological polar surface area (TPSA) is 47.9 Å². The second-order valence-electron chi connectivity index (χ2n) is 4.32. The highest BCUT2D eigenvalue weighted by Gasteiger charge is 2.07. The van der Waals surface area contributed by atoms with E-state index in [0.29, 0.717) is 16.5 Å². The Morgan fingerprint density at radius 3 is 2.86 bits per heavy atom. The minimum absolute atomic E-state index is 0.205. The van der Waals surface area contributed by atoms with Crippen LogP contribution in [0, 0.1) is 6.92 Å². The van der Waals surface area contributed by atoms with Crippen LogP contribution in [0.2, 0.25) is 5.02 Å². The summed E-state index contributed by atoms with van der Waals surface area (Å²) >= 11 is 7.38. The second-order valence-corrected chi connectivity index (χ2v) is 5.70. The molecule has 0 unspecified atom stereocenters. The summed E-state index contributed by atoms with van der Waals surface area (Å²) in [5, 5.41) is 6.35. The molecule has 110 valence electrons. The number of carbonyl (C=O) groups is 1. The molecule has 0 saturated heterocycles. The molecule has 0 amide bonds. The van der Waals surface area contributed by atoms with Crippen molar-refractivity contribution in [3.63, 3.8) is 0 Å². The molecule has 2 aromatic rings. The Hall–Kier alpha value is -1.85. The first kappa shape index (κ1) is 15.5. The van der Waals surface area contributed by atoms with Gasteiger partial charge in [0.1, 0.15) is 5.75 Å². The van der Waals surface area contributed by atoms with Gasteiger partial charge in [0.15, 0.2) is 6.61 Å². The fourth-order valence-corrected chi connectivity index (χ4v) is 2.48. The van der Waals surface area contributed by atoms with Crippen LogP contribution in [-0.4, -0.2) is 18.3 Å². The molecular weight excluding hydrogens is 310 g/mol. The Labute approximate surface area is 131 Å². The molecule has 0 aliphatic rings. The average Bonchev–Trinajstić information content (AvgIpc) is 2.98. The number of hydrogen-bond donors (Lipinski definition) is 0. The van der Waals surface area contributed by atoms with Crippen LogP contribution in [0.1, 0.15) is 17.4 Å². The molecule has 1 aromatic carbocycles. The lowest BCUT2D eigenvalue weighted by molar-refractivity contribution is -0.146. The van der Waals surface area contributed by atoms with E-state index >= 15 is 0 Å². The molecule has 2 rings (SSSR count). The third-order valence-corrected chi connectivity index (χ3v) is 3.86. The quantitative estimate of drug-likeness (QED) is 0.473. The van der Waals surface area contributed by atoms with Gasteiger partial charge in [-0.1, -0.05) is 22.8 Å². The Kier molecular flexibility index (Phi) is 5.36. The predicted molar refractivity (Wildman–Crippen MR) is 84.3 cm³/mol. The molecule has 0 atom stereocenters. The highest BCUT2D eigenvalue weighted by atomic mass is 35.5. The fourth-order valence-electron chi connectivity index (χ4n) is 1.59. The van der Waals surface area contributed by atoms with Gasteiger partial charge in [0.25, 0.3) is 0 Å². The van der Waals surface area contributed by atoms with Gasteiger partial charge in [-0.25, -0.2) is 4.79 Å². The van der Waals surface area contributed by atoms with E-state index < -0.39 is 5.97 Å². The summed E-state index contributed by atoms with van der Waals surface area (Å²) in [6.45, 7) is 3.43. The molecule has 0 spiro atoms. The van der Waals surface area contributed by atoms with Crippen LogP contribution >= 0.6 is 22.9 Å². The van der Waals surface area contributed by atoms with Gasteiger partial charge in [0.2, 0.25) is 0 Å². The van der Waals surface area contributed by atoms with E-state index in [2.05, 4.69) is 5.16 Å². The number of halogens is 1. The fraction of sp³-hybridized carbons (Fsp3) is 0.200. The van der Waals surface area contributed by atoms with E-state index in [9.17, 15) is 4.79 Å². The third kappa shape index (κ3) is 4.58. The Morgan fingerprint density at radius 2 is 2.19 bits per heavy atom. The van der Waals surface area contributed by atoms with E-state index in [1.54, 1.807) is 25.1 Å². The number of ether oxygens (including phenoxy) is 1. The SMILES string of the molecule is CC(=NOC(=O)COc1ccc(Cl)cc1C)c1cccs1. The van der Waals surface area contributed by atoms with Crippen LogP contribution in [0.25, 0.3) is 0 Å². The molecule has 4 nitrogen and oxygen atoms in total. The highest BCUT2D eigenvalue weighted by molar-refractivity contribution is 7.12. The Balaban J connectivity index is 1.86. The predicted octanol–water partition coefficient (Wildman–Crippen LogP) is 4.06. The number of oxime groups is 1. The maximum Gasteiger partial charge on any atom is 0.372 e. The van der Waals surface area contributed by atoms with Gasteiger partial charge in [0.05, 0.1) is 10.6 Å². The average molecular weight is 324 g/mol. The minimum atomic E-state index is -0.555. The van der Waals surface area contributed by atoms with Crippen LogP contribution in [-0.2, 0) is 9.63 Å². The lowest BCUT2D eigenvalue weighted by Gasteiger charge is -2.07. The molecule has 0 aliphatic carbocycles. The van der Waals surface area contributed by atoms with Crippen molar-refractivity contribution in [2.45, 2.75) is 13.8 Å². The van der Waals surface area contributed by atoms with Crippen molar-refractivity contribution in [1.29, 1.82) is 0 Å². The van der Waals surface area contributed by atoms with Crippen LogP contribution < -0.4 is 4.74 Å². The van der Waals surface area contributed by atoms with Crippen LogP contribution in [0.5, 0.6) is 5.75 Å². The molecule has 0 fully saturated rings. The Bertz CT molecular complexity index is 653. The largest absolute Gasteiger partial charge is 0.482 e. The summed E-state index contributed by atoms with van der Waals surface area (Å²) in [6, 6.07) is 9.00. The summed E-state index contributed by atoms with van der Waals surface area (Å²) < 4.78 is 5.38. The van der Waals surface area contributed by atoms with Gasteiger partial charge in [-0.05, 0) is 49.1 Å². The molecule has 21 heavy (non-hydrogen) atoms. The van der Waals surface area contributed by atoms with Crippen molar-refractivity contribution in [1.82, 2.24) is 0 Å². The smallest absolute Gasteiger partial charge is 0.372 e. The first-order valence-corrected chi connectivity index (χ1v) is 7.49. The molecular formula is C15H14ClNO3S. The summed E-state index contributed by atoms with van der Waals surface area (Å²) in [7, 11) is 0. The lowest BCUT2D eigenvalue weighted by Crippen LogP contribution is -2.13. The second kappa shape index (κ2) is 7.24. The molecule has 0 aliphatic heterocycles. The lowest BCUT2D eigenvalue weighted by atomic mass is 10.2. The van der Waals surface area contributed by atoms with E-state index in [-0.39, 0.29) is 6.61 Å². The number of rotatable bonds is 5. The number of aryl methyl sites for hydroxylation is 1. The summed E-state index contributed by atoms with van der Waals surface area (Å²) in [6.07, 6.45) is 0. The van der Waals surface area contributed by atoms with Gasteiger partial charge < -0.3 is 9.57 Å². The van der Waals surface area contributed by atoms with Gasteiger partial charge in [-0.2, -0.15) is 0 Å². The van der Waals surface area contributed by atoms with Gasteiger partial charge in [-0.15, -0.1) is 11.3 Å². The zero-order valence-electron chi connectivity index (χ0n) is 11.6. The van der Waals surface area contributed by atoms with E-state index in [1.807, 2.05) is 24.4 Å². The zero-order chi connectivity index (χ0) is 15.2. The van der Waals surface area contributed by atoms with Gasteiger partial charge in [-0.3, -0.25) is 0 Å². The summed E-state index contributed by atoms with van der Waals surface area (Å²) in [5.41, 5.74) is 1.51. The maximum atomic E-state index is 11.6. The number of benzene rings is 1. The standard InChI is InChI=1S/C15H14ClNO3S/c1-10-8-12(16)5-6-13(10)19-9-15(18)20-17-11(2)14-4-3-7-21-14/h3-8H,9H2,1-2H3. The van der Waals surface area contributed by atoms with E-state index in [0.717, 1.165) is 10.4 Å². The highest BCUT2D eigenvalue weighted by Crippen LogP contribution is 2.21. The third-order valence-electron chi connectivity index (χ3n) is 2.64.